The minimum Gasteiger partial charge on any atom is -0.354 e. The number of alkyl halides is 1. The van der Waals surface area contributed by atoms with E-state index < -0.39 is 29.8 Å². The Balaban J connectivity index is 1.92. The molecule has 8 heteroatoms. The molecule has 0 aliphatic heterocycles. The average Bonchev–Trinajstić information content (AvgIpc) is 2.53. The summed E-state index contributed by atoms with van der Waals surface area (Å²) in [5.41, 5.74) is -0.768. The Bertz CT molecular complexity index is 759. The monoisotopic (exact) mass is 342 g/mol. The number of H-pyrrole nitrogens is 1. The molecule has 0 fully saturated rings. The number of hydrogen-bond acceptors (Lipinski definition) is 4. The minimum absolute atomic E-state index is 0.338. The summed E-state index contributed by atoms with van der Waals surface area (Å²) in [6.07, 6.45) is -0.00739. The normalized spacial score (nSPS) is 12.3. The summed E-state index contributed by atoms with van der Waals surface area (Å²) in [4.78, 5) is 25.2. The number of benzene rings is 1. The molecule has 5 nitrogen and oxygen atoms in total. The number of hydrogen-bond donors (Lipinski definition) is 1. The van der Waals surface area contributed by atoms with E-state index in [1.807, 2.05) is 36.2 Å². The van der Waals surface area contributed by atoms with Crippen molar-refractivity contribution >= 4 is 11.8 Å². The molecule has 0 saturated heterocycles. The molecule has 0 aliphatic carbocycles. The van der Waals surface area contributed by atoms with Crippen LogP contribution in [0.15, 0.2) is 44.9 Å². The van der Waals surface area contributed by atoms with Crippen LogP contribution in [0.1, 0.15) is 5.56 Å². The molecule has 1 aromatic heterocycles. The highest BCUT2D eigenvalue weighted by atomic mass is 32.2. The zero-order chi connectivity index (χ0) is 16.8. The number of nitrogens with one attached hydrogen (secondary N) is 1. The number of rotatable bonds is 7. The van der Waals surface area contributed by atoms with Crippen LogP contribution in [-0.2, 0) is 11.5 Å². The molecular weight excluding hydrogens is 326 g/mol. The molecule has 0 saturated carbocycles. The number of ether oxygens (including phenoxy) is 1. The van der Waals surface area contributed by atoms with Crippen molar-refractivity contribution in [1.29, 1.82) is 0 Å². The van der Waals surface area contributed by atoms with Gasteiger partial charge in [0.05, 0.1) is 12.3 Å². The second-order valence-corrected chi connectivity index (χ2v) is 6.00. The topological polar surface area (TPSA) is 64.1 Å². The first-order valence-corrected chi connectivity index (χ1v) is 7.84. The molecule has 0 bridgehead atoms. The van der Waals surface area contributed by atoms with E-state index in [4.69, 9.17) is 4.74 Å². The first-order chi connectivity index (χ1) is 11.0. The predicted octanol–water partition coefficient (Wildman–Crippen LogP) is 2.09. The largest absolute Gasteiger partial charge is 0.354 e. The van der Waals surface area contributed by atoms with Gasteiger partial charge >= 0.3 is 5.69 Å². The SMILES string of the molecule is Cc1ccc(SC[C@H](CF)OCn2cc(F)c(=O)[nH]c2=O)cc1. The van der Waals surface area contributed by atoms with E-state index in [2.05, 4.69) is 0 Å². The van der Waals surface area contributed by atoms with Gasteiger partial charge in [-0.1, -0.05) is 17.7 Å². The fraction of sp³-hybridized carbons (Fsp3) is 0.333. The van der Waals surface area contributed by atoms with Crippen LogP contribution in [0, 0.1) is 12.7 Å². The molecule has 23 heavy (non-hydrogen) atoms. The third-order valence-electron chi connectivity index (χ3n) is 3.05. The molecule has 1 aromatic carbocycles. The van der Waals surface area contributed by atoms with Gasteiger partial charge in [0, 0.05) is 10.6 Å². The van der Waals surface area contributed by atoms with Gasteiger partial charge in [0.1, 0.15) is 13.4 Å². The van der Waals surface area contributed by atoms with Crippen LogP contribution in [0.25, 0.3) is 0 Å². The maximum absolute atomic E-state index is 13.1. The lowest BCUT2D eigenvalue weighted by Crippen LogP contribution is -2.33. The van der Waals surface area contributed by atoms with Crippen molar-refractivity contribution in [1.82, 2.24) is 9.55 Å². The van der Waals surface area contributed by atoms with E-state index in [0.717, 1.165) is 21.2 Å². The molecule has 1 N–H and O–H groups in total. The average molecular weight is 342 g/mol. The van der Waals surface area contributed by atoms with Crippen LogP contribution in [0.4, 0.5) is 8.78 Å². The molecule has 0 spiro atoms. The number of thioether (sulfide) groups is 1. The van der Waals surface area contributed by atoms with Gasteiger partial charge in [0.2, 0.25) is 5.82 Å². The smallest absolute Gasteiger partial charge is 0.330 e. The number of aryl methyl sites for hydroxylation is 1. The molecular formula is C15H16F2N2O3S. The van der Waals surface area contributed by atoms with Crippen molar-refractivity contribution in [2.45, 2.75) is 24.7 Å². The molecule has 2 rings (SSSR count). The lowest BCUT2D eigenvalue weighted by Gasteiger charge is -2.15. The van der Waals surface area contributed by atoms with Crippen LogP contribution in [0.5, 0.6) is 0 Å². The number of aromatic amines is 1. The highest BCUT2D eigenvalue weighted by molar-refractivity contribution is 7.99. The fourth-order valence-electron chi connectivity index (χ4n) is 1.73. The fourth-order valence-corrected chi connectivity index (χ4v) is 2.62. The summed E-state index contributed by atoms with van der Waals surface area (Å²) in [7, 11) is 0. The summed E-state index contributed by atoms with van der Waals surface area (Å²) in [5.74, 6) is -0.751. The lowest BCUT2D eigenvalue weighted by atomic mass is 10.2. The van der Waals surface area contributed by atoms with Gasteiger partial charge in [0.15, 0.2) is 0 Å². The summed E-state index contributed by atoms with van der Waals surface area (Å²) < 4.78 is 32.3. The second kappa shape index (κ2) is 8.07. The van der Waals surface area contributed by atoms with E-state index in [-0.39, 0.29) is 6.73 Å². The van der Waals surface area contributed by atoms with Crippen LogP contribution in [0.2, 0.25) is 0 Å². The maximum atomic E-state index is 13.1. The molecule has 0 unspecified atom stereocenters. The summed E-state index contributed by atoms with van der Waals surface area (Å²) in [6, 6.07) is 7.76. The predicted molar refractivity (Wildman–Crippen MR) is 84.0 cm³/mol. The van der Waals surface area contributed by atoms with E-state index in [1.165, 1.54) is 11.8 Å². The maximum Gasteiger partial charge on any atom is 0.330 e. The van der Waals surface area contributed by atoms with E-state index in [1.54, 1.807) is 0 Å². The standard InChI is InChI=1S/C15H16F2N2O3S/c1-10-2-4-12(5-3-10)23-8-11(6-16)22-9-19-7-13(17)14(20)18-15(19)21/h2-5,7,11H,6,8-9H2,1H3,(H,18,20,21)/t11-/m0/s1. The first kappa shape index (κ1) is 17.4. The third kappa shape index (κ3) is 5.04. The molecule has 0 aliphatic rings. The van der Waals surface area contributed by atoms with E-state index >= 15 is 0 Å². The highest BCUT2D eigenvalue weighted by Gasteiger charge is 2.11. The summed E-state index contributed by atoms with van der Waals surface area (Å²) in [6.45, 7) is 0.901. The molecule has 124 valence electrons. The Labute approximate surface area is 135 Å². The third-order valence-corrected chi connectivity index (χ3v) is 4.19. The number of nitrogens with zero attached hydrogens (tertiary/aromatic N) is 1. The Hall–Kier alpha value is -1.93. The zero-order valence-corrected chi connectivity index (χ0v) is 13.2. The quantitative estimate of drug-likeness (QED) is 0.783. The number of aromatic nitrogens is 2. The van der Waals surface area contributed by atoms with Gasteiger partial charge in [-0.2, -0.15) is 4.39 Å². The van der Waals surface area contributed by atoms with E-state index in [0.29, 0.717) is 5.75 Å². The summed E-state index contributed by atoms with van der Waals surface area (Å²) in [5, 5.41) is 0. The van der Waals surface area contributed by atoms with Gasteiger partial charge in [-0.05, 0) is 19.1 Å². The van der Waals surface area contributed by atoms with Gasteiger partial charge in [-0.15, -0.1) is 11.8 Å². The van der Waals surface area contributed by atoms with Crippen LogP contribution < -0.4 is 11.2 Å². The van der Waals surface area contributed by atoms with E-state index in [9.17, 15) is 18.4 Å². The van der Waals surface area contributed by atoms with Crippen molar-refractivity contribution in [3.8, 4) is 0 Å². The molecule has 1 atom stereocenters. The van der Waals surface area contributed by atoms with Gasteiger partial charge in [-0.3, -0.25) is 14.3 Å². The Morgan fingerprint density at radius 3 is 2.65 bits per heavy atom. The molecule has 2 aromatic rings. The second-order valence-electron chi connectivity index (χ2n) is 4.90. The first-order valence-electron chi connectivity index (χ1n) is 6.86. The number of halogens is 2. The van der Waals surface area contributed by atoms with Crippen molar-refractivity contribution in [2.75, 3.05) is 12.4 Å². The lowest BCUT2D eigenvalue weighted by molar-refractivity contribution is 0.00483. The minimum atomic E-state index is -1.10. The molecule has 0 amide bonds. The van der Waals surface area contributed by atoms with Crippen molar-refractivity contribution in [3.05, 3.63) is 62.7 Å². The van der Waals surface area contributed by atoms with Crippen molar-refractivity contribution in [3.63, 3.8) is 0 Å². The van der Waals surface area contributed by atoms with Crippen LogP contribution in [-0.4, -0.2) is 28.1 Å². The molecule has 0 radical (unpaired) electrons. The van der Waals surface area contributed by atoms with Crippen molar-refractivity contribution in [2.24, 2.45) is 0 Å². The Kier molecular flexibility index (Phi) is 6.12. The van der Waals surface area contributed by atoms with Crippen molar-refractivity contribution < 1.29 is 13.5 Å². The van der Waals surface area contributed by atoms with Gasteiger partial charge in [0.25, 0.3) is 5.56 Å². The van der Waals surface area contributed by atoms with Crippen LogP contribution in [0.3, 0.4) is 0 Å². The summed E-state index contributed by atoms with van der Waals surface area (Å²) >= 11 is 1.42. The molecule has 1 heterocycles. The Morgan fingerprint density at radius 1 is 1.30 bits per heavy atom. The Morgan fingerprint density at radius 2 is 2.00 bits per heavy atom. The van der Waals surface area contributed by atoms with Gasteiger partial charge in [-0.25, -0.2) is 9.18 Å². The van der Waals surface area contributed by atoms with Crippen LogP contribution >= 0.6 is 11.8 Å². The zero-order valence-electron chi connectivity index (χ0n) is 12.4. The van der Waals surface area contributed by atoms with Gasteiger partial charge < -0.3 is 4.74 Å². The highest BCUT2D eigenvalue weighted by Crippen LogP contribution is 2.20.